The highest BCUT2D eigenvalue weighted by atomic mass is 79.9. The van der Waals surface area contributed by atoms with Gasteiger partial charge in [-0.2, -0.15) is 0 Å². The minimum atomic E-state index is -0.576. The SMILES string of the molecule is COc1ccc(Br)cc1C[C@@H](N)C(=O)N1Cc2ccccc2C1. The molecule has 0 unspecified atom stereocenters. The number of rotatable bonds is 4. The third-order valence-electron chi connectivity index (χ3n) is 4.15. The fraction of sp³-hybridized carbons (Fsp3) is 0.278. The topological polar surface area (TPSA) is 55.6 Å². The van der Waals surface area contributed by atoms with Crippen LogP contribution in [0.15, 0.2) is 46.9 Å². The van der Waals surface area contributed by atoms with Crippen molar-refractivity contribution in [3.8, 4) is 5.75 Å². The molecule has 0 saturated carbocycles. The van der Waals surface area contributed by atoms with Crippen LogP contribution < -0.4 is 10.5 Å². The number of fused-ring (bicyclic) bond motifs is 1. The first-order chi connectivity index (χ1) is 11.1. The first-order valence-corrected chi connectivity index (χ1v) is 8.31. The monoisotopic (exact) mass is 374 g/mol. The number of methoxy groups -OCH3 is 1. The molecule has 0 bridgehead atoms. The Labute approximate surface area is 144 Å². The summed E-state index contributed by atoms with van der Waals surface area (Å²) in [5, 5.41) is 0. The average Bonchev–Trinajstić information content (AvgIpc) is 2.98. The third-order valence-corrected chi connectivity index (χ3v) is 4.65. The molecule has 1 aliphatic heterocycles. The highest BCUT2D eigenvalue weighted by molar-refractivity contribution is 9.10. The molecule has 1 heterocycles. The first-order valence-electron chi connectivity index (χ1n) is 7.52. The molecule has 0 fully saturated rings. The second-order valence-electron chi connectivity index (χ2n) is 5.73. The van der Waals surface area contributed by atoms with E-state index < -0.39 is 6.04 Å². The largest absolute Gasteiger partial charge is 0.496 e. The predicted octanol–water partition coefficient (Wildman–Crippen LogP) is 2.87. The number of hydrogen-bond donors (Lipinski definition) is 1. The quantitative estimate of drug-likeness (QED) is 0.894. The molecule has 1 atom stereocenters. The second-order valence-corrected chi connectivity index (χ2v) is 6.65. The molecule has 23 heavy (non-hydrogen) atoms. The molecule has 0 spiro atoms. The van der Waals surface area contributed by atoms with Crippen LogP contribution in [-0.4, -0.2) is 24.0 Å². The van der Waals surface area contributed by atoms with Crippen LogP contribution in [0.25, 0.3) is 0 Å². The van der Waals surface area contributed by atoms with E-state index in [-0.39, 0.29) is 5.91 Å². The lowest BCUT2D eigenvalue weighted by Crippen LogP contribution is -2.42. The minimum Gasteiger partial charge on any atom is -0.496 e. The van der Waals surface area contributed by atoms with Gasteiger partial charge in [-0.15, -0.1) is 0 Å². The summed E-state index contributed by atoms with van der Waals surface area (Å²) in [6.07, 6.45) is 0.453. The molecule has 0 aromatic heterocycles. The number of carbonyl (C=O) groups excluding carboxylic acids is 1. The lowest BCUT2D eigenvalue weighted by Gasteiger charge is -2.21. The fourth-order valence-electron chi connectivity index (χ4n) is 2.95. The average molecular weight is 375 g/mol. The molecule has 5 heteroatoms. The molecule has 0 aliphatic carbocycles. The minimum absolute atomic E-state index is 0.0248. The molecule has 1 amide bonds. The molecular weight excluding hydrogens is 356 g/mol. The summed E-state index contributed by atoms with van der Waals surface area (Å²) >= 11 is 3.45. The lowest BCUT2D eigenvalue weighted by molar-refractivity contribution is -0.133. The maximum atomic E-state index is 12.7. The van der Waals surface area contributed by atoms with Gasteiger partial charge in [-0.25, -0.2) is 0 Å². The van der Waals surface area contributed by atoms with Crippen LogP contribution in [0.1, 0.15) is 16.7 Å². The van der Waals surface area contributed by atoms with Gasteiger partial charge in [0, 0.05) is 24.0 Å². The number of ether oxygens (including phenoxy) is 1. The molecule has 2 aromatic rings. The zero-order valence-corrected chi connectivity index (χ0v) is 14.5. The summed E-state index contributed by atoms with van der Waals surface area (Å²) in [5.74, 6) is 0.726. The van der Waals surface area contributed by atoms with Crippen molar-refractivity contribution in [1.29, 1.82) is 0 Å². The van der Waals surface area contributed by atoms with Crippen molar-refractivity contribution in [2.45, 2.75) is 25.6 Å². The van der Waals surface area contributed by atoms with Gasteiger partial charge < -0.3 is 15.4 Å². The van der Waals surface area contributed by atoms with Crippen molar-refractivity contribution >= 4 is 21.8 Å². The van der Waals surface area contributed by atoms with Gasteiger partial charge in [0.2, 0.25) is 5.91 Å². The summed E-state index contributed by atoms with van der Waals surface area (Å²) in [4.78, 5) is 14.5. The van der Waals surface area contributed by atoms with E-state index in [1.807, 2.05) is 35.2 Å². The summed E-state index contributed by atoms with van der Waals surface area (Å²) in [6, 6.07) is 13.3. The molecule has 2 aromatic carbocycles. The zero-order chi connectivity index (χ0) is 16.4. The number of carbonyl (C=O) groups is 1. The molecule has 4 nitrogen and oxygen atoms in total. The Morgan fingerprint density at radius 3 is 2.52 bits per heavy atom. The van der Waals surface area contributed by atoms with Crippen molar-refractivity contribution in [1.82, 2.24) is 4.90 Å². The van der Waals surface area contributed by atoms with Gasteiger partial charge in [0.1, 0.15) is 5.75 Å². The molecule has 1 aliphatic rings. The van der Waals surface area contributed by atoms with Crippen LogP contribution >= 0.6 is 15.9 Å². The Hall–Kier alpha value is -1.85. The predicted molar refractivity (Wildman–Crippen MR) is 93.1 cm³/mol. The van der Waals surface area contributed by atoms with Crippen LogP contribution in [0, 0.1) is 0 Å². The van der Waals surface area contributed by atoms with E-state index in [4.69, 9.17) is 10.5 Å². The van der Waals surface area contributed by atoms with Gasteiger partial charge in [0.25, 0.3) is 0 Å². The standard InChI is InChI=1S/C18H19BrN2O2/c1-23-17-7-6-15(19)8-14(17)9-16(20)18(22)21-10-12-4-2-3-5-13(12)11-21/h2-8,16H,9-11,20H2,1H3/t16-/m1/s1. The van der Waals surface area contributed by atoms with E-state index in [0.717, 1.165) is 15.8 Å². The molecule has 3 rings (SSSR count). The lowest BCUT2D eigenvalue weighted by atomic mass is 10.0. The smallest absolute Gasteiger partial charge is 0.240 e. The third kappa shape index (κ3) is 3.41. The molecular formula is C18H19BrN2O2. The van der Waals surface area contributed by atoms with Crippen LogP contribution in [0.4, 0.5) is 0 Å². The number of amides is 1. The van der Waals surface area contributed by atoms with Crippen LogP contribution in [0.5, 0.6) is 5.75 Å². The second kappa shape index (κ2) is 6.72. The van der Waals surface area contributed by atoms with Crippen molar-refractivity contribution in [3.63, 3.8) is 0 Å². The Bertz CT molecular complexity index is 708. The molecule has 0 saturated heterocycles. The molecule has 2 N–H and O–H groups in total. The maximum Gasteiger partial charge on any atom is 0.240 e. The van der Waals surface area contributed by atoms with E-state index in [1.54, 1.807) is 7.11 Å². The van der Waals surface area contributed by atoms with Crippen LogP contribution in [0.3, 0.4) is 0 Å². The maximum absolute atomic E-state index is 12.7. The van der Waals surface area contributed by atoms with Crippen molar-refractivity contribution in [3.05, 3.63) is 63.6 Å². The fourth-order valence-corrected chi connectivity index (χ4v) is 3.36. The number of halogens is 1. The summed E-state index contributed by atoms with van der Waals surface area (Å²) in [7, 11) is 1.62. The van der Waals surface area contributed by atoms with E-state index in [9.17, 15) is 4.79 Å². The number of nitrogens with zero attached hydrogens (tertiary/aromatic N) is 1. The van der Waals surface area contributed by atoms with E-state index in [2.05, 4.69) is 28.1 Å². The first kappa shape index (κ1) is 16.0. The molecule has 120 valence electrons. The van der Waals surface area contributed by atoms with Crippen molar-refractivity contribution < 1.29 is 9.53 Å². The normalized spacial score (nSPS) is 14.5. The van der Waals surface area contributed by atoms with Crippen molar-refractivity contribution in [2.24, 2.45) is 5.73 Å². The zero-order valence-electron chi connectivity index (χ0n) is 13.0. The van der Waals surface area contributed by atoms with Gasteiger partial charge in [0.15, 0.2) is 0 Å². The van der Waals surface area contributed by atoms with Crippen LogP contribution in [-0.2, 0) is 24.3 Å². The Balaban J connectivity index is 1.71. The Morgan fingerprint density at radius 1 is 1.26 bits per heavy atom. The van der Waals surface area contributed by atoms with E-state index >= 15 is 0 Å². The highest BCUT2D eigenvalue weighted by Gasteiger charge is 2.27. The molecule has 0 radical (unpaired) electrons. The van der Waals surface area contributed by atoms with E-state index in [0.29, 0.717) is 19.5 Å². The van der Waals surface area contributed by atoms with Gasteiger partial charge in [-0.05, 0) is 34.9 Å². The van der Waals surface area contributed by atoms with Gasteiger partial charge >= 0.3 is 0 Å². The number of hydrogen-bond acceptors (Lipinski definition) is 3. The Morgan fingerprint density at radius 2 is 1.91 bits per heavy atom. The highest BCUT2D eigenvalue weighted by Crippen LogP contribution is 2.26. The van der Waals surface area contributed by atoms with Gasteiger partial charge in [-0.3, -0.25) is 4.79 Å². The summed E-state index contributed by atoms with van der Waals surface area (Å²) in [6.45, 7) is 1.27. The summed E-state index contributed by atoms with van der Waals surface area (Å²) < 4.78 is 6.30. The number of benzene rings is 2. The summed E-state index contributed by atoms with van der Waals surface area (Å²) in [5.41, 5.74) is 9.51. The number of nitrogens with two attached hydrogens (primary N) is 1. The van der Waals surface area contributed by atoms with E-state index in [1.165, 1.54) is 11.1 Å². The van der Waals surface area contributed by atoms with Crippen LogP contribution in [0.2, 0.25) is 0 Å². The van der Waals surface area contributed by atoms with Crippen molar-refractivity contribution in [2.75, 3.05) is 7.11 Å². The van der Waals surface area contributed by atoms with Gasteiger partial charge in [-0.1, -0.05) is 40.2 Å². The van der Waals surface area contributed by atoms with Gasteiger partial charge in [0.05, 0.1) is 13.2 Å². The Kier molecular flexibility index (Phi) is 4.68.